The largest absolute Gasteiger partial charge is 0.358 e. The average Bonchev–Trinajstić information content (AvgIpc) is 3.25. The molecule has 1 amide bonds. The minimum atomic E-state index is -0.357. The lowest BCUT2D eigenvalue weighted by atomic mass is 10.2. The van der Waals surface area contributed by atoms with Gasteiger partial charge in [-0.05, 0) is 31.0 Å². The first kappa shape index (κ1) is 17.1. The second kappa shape index (κ2) is 6.74. The number of nitrogens with zero attached hydrogens (tertiary/aromatic N) is 5. The highest BCUT2D eigenvalue weighted by atomic mass is 35.5. The minimum absolute atomic E-state index is 0.0217. The second-order valence-electron chi connectivity index (χ2n) is 6.03. The van der Waals surface area contributed by atoms with Gasteiger partial charge in [0.1, 0.15) is 18.2 Å². The van der Waals surface area contributed by atoms with Crippen molar-refractivity contribution in [3.63, 3.8) is 0 Å². The number of hydrogen-bond donors (Lipinski definition) is 1. The molecule has 2 aromatic heterocycles. The summed E-state index contributed by atoms with van der Waals surface area (Å²) in [6.07, 6.45) is 2.89. The molecule has 0 saturated carbocycles. The van der Waals surface area contributed by atoms with Crippen LogP contribution in [0.4, 0.5) is 11.5 Å². The van der Waals surface area contributed by atoms with Crippen LogP contribution in [-0.4, -0.2) is 38.1 Å². The van der Waals surface area contributed by atoms with Gasteiger partial charge in [-0.3, -0.25) is 4.79 Å². The molecule has 9 heteroatoms. The number of amides is 1. The van der Waals surface area contributed by atoms with Crippen LogP contribution in [0.3, 0.4) is 0 Å². The van der Waals surface area contributed by atoms with Crippen LogP contribution < -0.4 is 10.2 Å². The third kappa shape index (κ3) is 2.97. The molecule has 1 aliphatic heterocycles. The molecule has 1 saturated heterocycles. The molecule has 1 N–H and O–H groups in total. The molecule has 3 heterocycles. The summed E-state index contributed by atoms with van der Waals surface area (Å²) in [5.41, 5.74) is 1.63. The van der Waals surface area contributed by atoms with Gasteiger partial charge in [0.2, 0.25) is 5.91 Å². The molecule has 4 rings (SSSR count). The number of carbonyl (C=O) groups is 1. The summed E-state index contributed by atoms with van der Waals surface area (Å²) < 4.78 is 1.61. The van der Waals surface area contributed by atoms with Crippen LogP contribution in [0.15, 0.2) is 30.6 Å². The van der Waals surface area contributed by atoms with Crippen LogP contribution in [0, 0.1) is 0 Å². The number of benzene rings is 1. The van der Waals surface area contributed by atoms with Gasteiger partial charge in [-0.25, -0.2) is 4.98 Å². The van der Waals surface area contributed by atoms with Crippen molar-refractivity contribution in [2.75, 3.05) is 16.8 Å². The Morgan fingerprint density at radius 3 is 2.88 bits per heavy atom. The lowest BCUT2D eigenvalue weighted by molar-refractivity contribution is -0.117. The van der Waals surface area contributed by atoms with Crippen molar-refractivity contribution in [1.29, 1.82) is 0 Å². The van der Waals surface area contributed by atoms with Gasteiger partial charge >= 0.3 is 0 Å². The van der Waals surface area contributed by atoms with Gasteiger partial charge < -0.3 is 10.2 Å². The van der Waals surface area contributed by atoms with Crippen molar-refractivity contribution < 1.29 is 4.79 Å². The zero-order valence-corrected chi connectivity index (χ0v) is 15.5. The van der Waals surface area contributed by atoms with Gasteiger partial charge in [0.15, 0.2) is 0 Å². The van der Waals surface area contributed by atoms with Crippen LogP contribution in [-0.2, 0) is 11.2 Å². The van der Waals surface area contributed by atoms with Crippen LogP contribution in [0.5, 0.6) is 0 Å². The molecule has 0 spiro atoms. The molecule has 0 aliphatic carbocycles. The van der Waals surface area contributed by atoms with Gasteiger partial charge in [0, 0.05) is 24.0 Å². The fourth-order valence-electron chi connectivity index (χ4n) is 3.05. The van der Waals surface area contributed by atoms with E-state index in [9.17, 15) is 4.79 Å². The number of aryl methyl sites for hydroxylation is 1. The van der Waals surface area contributed by atoms with E-state index < -0.39 is 0 Å². The summed E-state index contributed by atoms with van der Waals surface area (Å²) >= 11 is 12.0. The lowest BCUT2D eigenvalue weighted by Crippen LogP contribution is -2.34. The van der Waals surface area contributed by atoms with Crippen molar-refractivity contribution in [2.45, 2.75) is 25.8 Å². The van der Waals surface area contributed by atoms with Gasteiger partial charge in [-0.1, -0.05) is 30.1 Å². The van der Waals surface area contributed by atoms with Crippen LogP contribution in [0.2, 0.25) is 10.0 Å². The highest BCUT2D eigenvalue weighted by Gasteiger charge is 2.33. The van der Waals surface area contributed by atoms with E-state index in [4.69, 9.17) is 23.2 Å². The zero-order chi connectivity index (χ0) is 18.3. The van der Waals surface area contributed by atoms with E-state index in [2.05, 4.69) is 20.4 Å². The summed E-state index contributed by atoms with van der Waals surface area (Å²) in [6, 6.07) is 6.75. The van der Waals surface area contributed by atoms with Gasteiger partial charge in [0.05, 0.1) is 10.0 Å². The number of anilines is 2. The summed E-state index contributed by atoms with van der Waals surface area (Å²) in [7, 11) is 0. The van der Waals surface area contributed by atoms with Crippen molar-refractivity contribution in [1.82, 2.24) is 19.6 Å². The van der Waals surface area contributed by atoms with Crippen molar-refractivity contribution in [2.24, 2.45) is 0 Å². The van der Waals surface area contributed by atoms with Gasteiger partial charge in [0.25, 0.3) is 5.78 Å². The molecule has 26 heavy (non-hydrogen) atoms. The fraction of sp³-hybridized carbons (Fsp3) is 0.294. The molecule has 0 radical (unpaired) electrons. The fourth-order valence-corrected chi connectivity index (χ4v) is 3.34. The highest BCUT2D eigenvalue weighted by molar-refractivity contribution is 6.42. The number of fused-ring (bicyclic) bond motifs is 1. The third-order valence-electron chi connectivity index (χ3n) is 4.41. The van der Waals surface area contributed by atoms with E-state index in [1.807, 2.05) is 13.0 Å². The maximum Gasteiger partial charge on any atom is 0.254 e. The van der Waals surface area contributed by atoms with Gasteiger partial charge in [-0.15, -0.1) is 0 Å². The van der Waals surface area contributed by atoms with E-state index in [0.717, 1.165) is 17.8 Å². The Hall–Kier alpha value is -2.38. The maximum absolute atomic E-state index is 12.9. The van der Waals surface area contributed by atoms with Crippen LogP contribution in [0.25, 0.3) is 5.78 Å². The van der Waals surface area contributed by atoms with Crippen molar-refractivity contribution in [3.05, 3.63) is 46.3 Å². The SMILES string of the molecule is CCc1cc(NC2CCN(c3ccc(Cl)c(Cl)c3)C2=O)n2ncnc2n1. The number of halogens is 2. The molecule has 1 fully saturated rings. The Morgan fingerprint density at radius 2 is 2.12 bits per heavy atom. The van der Waals surface area contributed by atoms with E-state index in [1.54, 1.807) is 27.6 Å². The molecule has 0 bridgehead atoms. The van der Waals surface area contributed by atoms with E-state index >= 15 is 0 Å². The van der Waals surface area contributed by atoms with E-state index in [0.29, 0.717) is 34.6 Å². The molecule has 7 nitrogen and oxygen atoms in total. The Labute approximate surface area is 159 Å². The first-order valence-corrected chi connectivity index (χ1v) is 9.05. The van der Waals surface area contributed by atoms with Crippen LogP contribution >= 0.6 is 23.2 Å². The summed E-state index contributed by atoms with van der Waals surface area (Å²) in [4.78, 5) is 23.1. The highest BCUT2D eigenvalue weighted by Crippen LogP contribution is 2.30. The summed E-state index contributed by atoms with van der Waals surface area (Å²) in [6.45, 7) is 2.62. The molecule has 1 aliphatic rings. The van der Waals surface area contributed by atoms with Gasteiger partial charge in [-0.2, -0.15) is 14.6 Å². The predicted molar refractivity (Wildman–Crippen MR) is 101 cm³/mol. The van der Waals surface area contributed by atoms with Crippen molar-refractivity contribution in [3.8, 4) is 0 Å². The summed E-state index contributed by atoms with van der Waals surface area (Å²) in [5.74, 6) is 1.20. The minimum Gasteiger partial charge on any atom is -0.358 e. The number of carbonyl (C=O) groups excluding carboxylic acids is 1. The first-order valence-electron chi connectivity index (χ1n) is 8.29. The first-order chi connectivity index (χ1) is 12.6. The quantitative estimate of drug-likeness (QED) is 0.739. The molecular formula is C17H16Cl2N6O. The predicted octanol–water partition coefficient (Wildman–Crippen LogP) is 3.21. The molecule has 3 aromatic rings. The topological polar surface area (TPSA) is 75.4 Å². The Balaban J connectivity index is 1.59. The lowest BCUT2D eigenvalue weighted by Gasteiger charge is -2.18. The third-order valence-corrected chi connectivity index (χ3v) is 5.15. The Kier molecular flexibility index (Phi) is 4.42. The Bertz CT molecular complexity index is 989. The van der Waals surface area contributed by atoms with Crippen molar-refractivity contribution >= 4 is 46.4 Å². The number of aromatic nitrogens is 4. The maximum atomic E-state index is 12.9. The summed E-state index contributed by atoms with van der Waals surface area (Å²) in [5, 5.41) is 8.37. The number of hydrogen-bond acceptors (Lipinski definition) is 5. The molecule has 1 atom stereocenters. The zero-order valence-electron chi connectivity index (χ0n) is 14.0. The van der Waals surface area contributed by atoms with E-state index in [-0.39, 0.29) is 11.9 Å². The monoisotopic (exact) mass is 390 g/mol. The smallest absolute Gasteiger partial charge is 0.254 e. The standard InChI is InChI=1S/C17H16Cl2N6O/c1-2-10-7-15(25-17(22-10)20-9-21-25)23-14-5-6-24(16(14)26)11-3-4-12(18)13(19)8-11/h3-4,7-9,14,23H,2,5-6H2,1H3. The average molecular weight is 391 g/mol. The second-order valence-corrected chi connectivity index (χ2v) is 6.85. The molecule has 134 valence electrons. The van der Waals surface area contributed by atoms with E-state index in [1.165, 1.54) is 6.33 Å². The normalized spacial score (nSPS) is 17.3. The Morgan fingerprint density at radius 1 is 1.27 bits per heavy atom. The molecular weight excluding hydrogens is 375 g/mol. The number of nitrogens with one attached hydrogen (secondary N) is 1. The van der Waals surface area contributed by atoms with Crippen LogP contribution in [0.1, 0.15) is 19.0 Å². The molecule has 1 aromatic carbocycles. The number of rotatable bonds is 4. The molecule has 1 unspecified atom stereocenters.